The Morgan fingerprint density at radius 1 is 1.62 bits per heavy atom. The molecule has 0 radical (unpaired) electrons. The lowest BCUT2D eigenvalue weighted by molar-refractivity contribution is -0.256. The van der Waals surface area contributed by atoms with Crippen LogP contribution in [0.2, 0.25) is 0 Å². The molecule has 3 N–H and O–H groups in total. The highest BCUT2D eigenvalue weighted by molar-refractivity contribution is 5.80. The first kappa shape index (κ1) is 13.2. The minimum atomic E-state index is -4.51. The topological polar surface area (TPSA) is 75.8 Å². The highest BCUT2D eigenvalue weighted by Gasteiger charge is 2.36. The Hall–Kier alpha value is -0.860. The number of alkyl halides is 3. The molecule has 0 aromatic rings. The summed E-state index contributed by atoms with van der Waals surface area (Å²) in [5.74, 6) is -0.674. The normalized spacial score (nSPS) is 24.6. The van der Waals surface area contributed by atoms with E-state index in [2.05, 4.69) is 4.74 Å². The van der Waals surface area contributed by atoms with Crippen LogP contribution in [0.25, 0.3) is 0 Å². The molecule has 1 heterocycles. The van der Waals surface area contributed by atoms with Gasteiger partial charge in [0.05, 0.1) is 6.04 Å². The van der Waals surface area contributed by atoms with E-state index in [1.165, 1.54) is 0 Å². The van der Waals surface area contributed by atoms with Crippen molar-refractivity contribution >= 4 is 5.91 Å². The molecule has 1 amide bonds. The van der Waals surface area contributed by atoms with E-state index >= 15 is 0 Å². The van der Waals surface area contributed by atoms with Gasteiger partial charge in [-0.1, -0.05) is 0 Å². The summed E-state index contributed by atoms with van der Waals surface area (Å²) < 4.78 is 39.7. The average Bonchev–Trinajstić information content (AvgIpc) is 2.61. The lowest BCUT2D eigenvalue weighted by atomic mass is 10.2. The zero-order valence-electron chi connectivity index (χ0n) is 8.41. The first-order chi connectivity index (χ1) is 7.31. The van der Waals surface area contributed by atoms with Crippen LogP contribution < -0.4 is 5.73 Å². The van der Waals surface area contributed by atoms with Crippen molar-refractivity contribution in [2.75, 3.05) is 13.2 Å². The van der Waals surface area contributed by atoms with Gasteiger partial charge in [0.15, 0.2) is 0 Å². The number of aliphatic hydroxyl groups is 1. The van der Waals surface area contributed by atoms with E-state index in [1.807, 2.05) is 0 Å². The zero-order chi connectivity index (χ0) is 12.3. The summed E-state index contributed by atoms with van der Waals surface area (Å²) in [6.45, 7) is -1.28. The van der Waals surface area contributed by atoms with E-state index in [-0.39, 0.29) is 6.54 Å². The Bertz CT molecular complexity index is 259. The lowest BCUT2D eigenvalue weighted by Crippen LogP contribution is -2.47. The number of halogens is 3. The number of rotatable bonds is 4. The minimum Gasteiger partial charge on any atom is -0.368 e. The number of hydrogen-bond acceptors (Lipinski definition) is 4. The van der Waals surface area contributed by atoms with Crippen LogP contribution in [0.4, 0.5) is 13.2 Å². The van der Waals surface area contributed by atoms with Crippen molar-refractivity contribution in [3.63, 3.8) is 0 Å². The van der Waals surface area contributed by atoms with Gasteiger partial charge in [0, 0.05) is 6.54 Å². The second-order valence-electron chi connectivity index (χ2n) is 3.55. The van der Waals surface area contributed by atoms with E-state index in [0.717, 1.165) is 4.90 Å². The van der Waals surface area contributed by atoms with Crippen LogP contribution in [0.1, 0.15) is 12.8 Å². The number of nitrogens with zero attached hydrogens (tertiary/aromatic N) is 1. The molecule has 0 bridgehead atoms. The summed E-state index contributed by atoms with van der Waals surface area (Å²) in [7, 11) is 0. The summed E-state index contributed by atoms with van der Waals surface area (Å²) >= 11 is 0. The molecule has 1 aliphatic heterocycles. The van der Waals surface area contributed by atoms with Crippen LogP contribution in [0.5, 0.6) is 0 Å². The highest BCUT2D eigenvalue weighted by Crippen LogP contribution is 2.21. The van der Waals surface area contributed by atoms with Crippen LogP contribution in [-0.4, -0.2) is 47.7 Å². The van der Waals surface area contributed by atoms with Gasteiger partial charge in [-0.3, -0.25) is 4.79 Å². The van der Waals surface area contributed by atoms with Gasteiger partial charge in [0.1, 0.15) is 6.61 Å². The highest BCUT2D eigenvalue weighted by atomic mass is 19.4. The Balaban J connectivity index is 2.47. The van der Waals surface area contributed by atoms with E-state index in [1.54, 1.807) is 0 Å². The van der Waals surface area contributed by atoms with Gasteiger partial charge in [-0.25, -0.2) is 4.90 Å². The largest absolute Gasteiger partial charge is 0.411 e. The van der Waals surface area contributed by atoms with Crippen LogP contribution in [0.15, 0.2) is 0 Å². The number of ether oxygens (including phenoxy) is 1. The van der Waals surface area contributed by atoms with Crippen LogP contribution in [0.3, 0.4) is 0 Å². The van der Waals surface area contributed by atoms with Gasteiger partial charge in [-0.2, -0.15) is 13.2 Å². The fourth-order valence-electron chi connectivity index (χ4n) is 1.62. The maximum Gasteiger partial charge on any atom is 0.411 e. The van der Waals surface area contributed by atoms with Gasteiger partial charge < -0.3 is 15.6 Å². The number of nitrogens with two attached hydrogens (primary N) is 1. The average molecular weight is 242 g/mol. The third kappa shape index (κ3) is 3.62. The number of hydrogen-bond donors (Lipinski definition) is 2. The Morgan fingerprint density at radius 2 is 2.25 bits per heavy atom. The van der Waals surface area contributed by atoms with Gasteiger partial charge in [0.2, 0.25) is 12.3 Å². The molecular weight excluding hydrogens is 229 g/mol. The second kappa shape index (κ2) is 4.98. The van der Waals surface area contributed by atoms with Gasteiger partial charge in [0.25, 0.3) is 0 Å². The summed E-state index contributed by atoms with van der Waals surface area (Å²) in [5, 5.41) is 9.33. The maximum absolute atomic E-state index is 11.8. The second-order valence-corrected chi connectivity index (χ2v) is 3.55. The Kier molecular flexibility index (Phi) is 4.11. The van der Waals surface area contributed by atoms with Crippen LogP contribution in [-0.2, 0) is 9.53 Å². The molecule has 0 aliphatic carbocycles. The van der Waals surface area contributed by atoms with E-state index < -0.39 is 31.1 Å². The summed E-state index contributed by atoms with van der Waals surface area (Å²) in [4.78, 5) is 12.0. The number of carbonyl (C=O) groups is 1. The van der Waals surface area contributed by atoms with E-state index in [0.29, 0.717) is 12.8 Å². The molecule has 1 aliphatic rings. The number of primary amides is 1. The Labute approximate surface area is 90.0 Å². The summed E-state index contributed by atoms with van der Waals surface area (Å²) in [6, 6.07) is -0.761. The van der Waals surface area contributed by atoms with Gasteiger partial charge >= 0.3 is 6.18 Å². The molecule has 1 fully saturated rings. The molecular formula is C8H13F3N2O3. The third-order valence-corrected chi connectivity index (χ3v) is 2.30. The standard InChI is InChI=1S/C8H13F3N2O3/c9-8(10,11)4-16-7(15)13-3-1-2-5(13)6(12)14/h5,7,15H,1-4H2,(H2,12,14)/t5-,7?/m0/s1. The van der Waals surface area contributed by atoms with E-state index in [4.69, 9.17) is 5.73 Å². The fourth-order valence-corrected chi connectivity index (χ4v) is 1.62. The van der Waals surface area contributed by atoms with Crippen molar-refractivity contribution in [1.82, 2.24) is 4.90 Å². The van der Waals surface area contributed by atoms with Crippen molar-refractivity contribution in [1.29, 1.82) is 0 Å². The monoisotopic (exact) mass is 242 g/mol. The van der Waals surface area contributed by atoms with Crippen LogP contribution >= 0.6 is 0 Å². The molecule has 0 aromatic heterocycles. The summed E-state index contributed by atoms with van der Waals surface area (Å²) in [5.41, 5.74) is 5.04. The number of carbonyl (C=O) groups excluding carboxylic acids is 1. The van der Waals surface area contributed by atoms with Crippen molar-refractivity contribution in [2.24, 2.45) is 5.73 Å². The third-order valence-electron chi connectivity index (χ3n) is 2.30. The van der Waals surface area contributed by atoms with Crippen LogP contribution in [0, 0.1) is 0 Å². The Morgan fingerprint density at radius 3 is 2.75 bits per heavy atom. The quantitative estimate of drug-likeness (QED) is 0.669. The molecule has 1 unspecified atom stereocenters. The van der Waals surface area contributed by atoms with E-state index in [9.17, 15) is 23.1 Å². The predicted octanol–water partition coefficient (Wildman–Crippen LogP) is -0.209. The molecule has 0 saturated carbocycles. The van der Waals surface area contributed by atoms with Crippen molar-refractivity contribution in [3.8, 4) is 0 Å². The molecule has 0 spiro atoms. The molecule has 2 atom stereocenters. The van der Waals surface area contributed by atoms with Gasteiger partial charge in [-0.15, -0.1) is 0 Å². The smallest absolute Gasteiger partial charge is 0.368 e. The molecule has 0 aromatic carbocycles. The summed E-state index contributed by atoms with van der Waals surface area (Å²) in [6.07, 6.45) is -5.26. The number of likely N-dealkylation sites (tertiary alicyclic amines) is 1. The SMILES string of the molecule is NC(=O)[C@@H]1CCCN1C(O)OCC(F)(F)F. The first-order valence-corrected chi connectivity index (χ1v) is 4.73. The molecule has 1 rings (SSSR count). The minimum absolute atomic E-state index is 0.284. The molecule has 8 heteroatoms. The molecule has 1 saturated heterocycles. The van der Waals surface area contributed by atoms with Crippen molar-refractivity contribution < 1.29 is 27.8 Å². The maximum atomic E-state index is 11.8. The van der Waals surface area contributed by atoms with Gasteiger partial charge in [-0.05, 0) is 12.8 Å². The predicted molar refractivity (Wildman–Crippen MR) is 46.9 cm³/mol. The first-order valence-electron chi connectivity index (χ1n) is 4.73. The fraction of sp³-hybridized carbons (Fsp3) is 0.875. The number of amides is 1. The van der Waals surface area contributed by atoms with Crippen molar-refractivity contribution in [2.45, 2.75) is 31.5 Å². The molecule has 5 nitrogen and oxygen atoms in total. The molecule has 94 valence electrons. The van der Waals surface area contributed by atoms with Crippen molar-refractivity contribution in [3.05, 3.63) is 0 Å². The number of aliphatic hydroxyl groups excluding tert-OH is 1. The lowest BCUT2D eigenvalue weighted by Gasteiger charge is -2.27. The molecule has 16 heavy (non-hydrogen) atoms. The zero-order valence-corrected chi connectivity index (χ0v) is 8.41.